The SMILES string of the molecule is CC(C)CC(=O)C=C(O)CC(C)C.CC(C)CC(=O)C=C(O)CC(C)C.CC(C)CC(=O)C=C(O)CC(C)C.Cc1[c-]c(-c2cc3cc(CC(C)C)ccc3cn2)c2oc3nc(C)ccc3c2c1.Cc1[c-]c(-c2nccc3cc(C(C)C)ccc23)c2oc3nc(C)ccc3c2c1.Cc1[c-]c(-c2ncnc3cc(C(C)C)ccc23)c2oc3nc(C)ccc3c2c1.[Ir].[Ir].[Ir]. The second-order valence-corrected chi connectivity index (χ2v) is 36.6. The van der Waals surface area contributed by atoms with Crippen molar-refractivity contribution >= 4 is 116 Å². The van der Waals surface area contributed by atoms with E-state index in [0.29, 0.717) is 109 Å². The molecule has 9 heterocycles. The van der Waals surface area contributed by atoms with Crippen LogP contribution in [0.1, 0.15) is 225 Å². The molecule has 0 aliphatic rings. The minimum absolute atomic E-state index is 0. The molecule has 0 saturated heterocycles. The molecule has 0 unspecified atom stereocenters. The second-order valence-electron chi connectivity index (χ2n) is 36.6. The van der Waals surface area contributed by atoms with Crippen molar-refractivity contribution in [2.24, 2.45) is 41.4 Å². The Morgan fingerprint density at radius 2 is 0.732 bits per heavy atom. The standard InChI is InChI=1S/C26H23N2O.C25H21N2O.C24H20N3O.3C11H20O2.3Ir/c1-15(2)9-18-6-7-19-14-27-24(13-20(19)12-18)23-11-16(3)10-22-21-8-5-17(4)28-26(21)29-25(22)23;1-14(2)17-6-8-19-18(13-17)9-10-26-23(19)22-12-15(3)11-21-20-7-5-16(4)27-25(20)28-24(21)22;1-13(2)16-6-8-18-21(11-16)25-12-26-22(18)20-10-14(3)9-19-17-7-5-15(4)27-24(17)28-23(19)20;3*1-8(2)5-10(12)7-11(13)6-9(3)4;;;/h5-8,10,12-15H,9H2,1-4H3;5-11,13-14H,1-4H3;5-9,11-13H,1-4H3;3*7-9,12H,5-6H2,1-4H3;;;/q3*-1;;;;;;. The molecule has 19 heteroatoms. The zero-order chi connectivity index (χ0) is 90.2. The van der Waals surface area contributed by atoms with Gasteiger partial charge in [-0.15, -0.1) is 53.1 Å². The molecule has 0 fully saturated rings. The Hall–Kier alpha value is -10.1. The number of aromatic nitrogens is 7. The number of furan rings is 3. The Labute approximate surface area is 790 Å². The summed E-state index contributed by atoms with van der Waals surface area (Å²) in [5.41, 5.74) is 20.5. The third kappa shape index (κ3) is 28.7. The number of hydrogen-bond donors (Lipinski definition) is 3. The van der Waals surface area contributed by atoms with Crippen LogP contribution in [0.3, 0.4) is 0 Å². The van der Waals surface area contributed by atoms with E-state index in [1.54, 1.807) is 6.33 Å². The number of aliphatic hydroxyl groups is 3. The number of aliphatic hydroxyl groups excluding tert-OH is 3. The smallest absolute Gasteiger partial charge is 0.216 e. The van der Waals surface area contributed by atoms with E-state index in [9.17, 15) is 29.7 Å². The number of carbonyl (C=O) groups is 3. The summed E-state index contributed by atoms with van der Waals surface area (Å²) >= 11 is 0. The Bertz CT molecular complexity index is 6120. The molecule has 6 aromatic carbocycles. The van der Waals surface area contributed by atoms with Gasteiger partial charge in [-0.25, -0.2) is 19.9 Å². The van der Waals surface area contributed by atoms with E-state index < -0.39 is 0 Å². The van der Waals surface area contributed by atoms with Crippen LogP contribution in [0.2, 0.25) is 0 Å². The van der Waals surface area contributed by atoms with Crippen LogP contribution in [-0.4, -0.2) is 67.6 Å². The van der Waals surface area contributed by atoms with Crippen LogP contribution in [0.4, 0.5) is 0 Å². The van der Waals surface area contributed by atoms with E-state index in [0.717, 1.165) is 145 Å². The summed E-state index contributed by atoms with van der Waals surface area (Å²) in [4.78, 5) is 65.9. The molecule has 0 spiro atoms. The molecular formula is C108H124Ir3N7O9-3. The molecule has 0 aliphatic carbocycles. The number of allylic oxidation sites excluding steroid dienone is 6. The molecule has 16 nitrogen and oxygen atoms in total. The molecule has 675 valence electrons. The van der Waals surface area contributed by atoms with Crippen molar-refractivity contribution in [1.82, 2.24) is 34.9 Å². The van der Waals surface area contributed by atoms with E-state index in [2.05, 4.69) is 202 Å². The Morgan fingerprint density at radius 1 is 0.354 bits per heavy atom. The van der Waals surface area contributed by atoms with Crippen LogP contribution >= 0.6 is 0 Å². The average Bonchev–Trinajstić information content (AvgIpc) is 1.64. The Balaban J connectivity index is 0.000000216. The van der Waals surface area contributed by atoms with Crippen molar-refractivity contribution in [3.8, 4) is 33.8 Å². The Morgan fingerprint density at radius 3 is 1.13 bits per heavy atom. The van der Waals surface area contributed by atoms with Crippen molar-refractivity contribution in [1.29, 1.82) is 0 Å². The van der Waals surface area contributed by atoms with Crippen LogP contribution in [0.5, 0.6) is 0 Å². The third-order valence-electron chi connectivity index (χ3n) is 20.5. The normalized spacial score (nSPS) is 11.8. The predicted molar refractivity (Wildman–Crippen MR) is 510 cm³/mol. The maximum Gasteiger partial charge on any atom is 0.216 e. The molecule has 3 radical (unpaired) electrons. The number of nitrogens with zero attached hydrogens (tertiary/aromatic N) is 7. The number of aryl methyl sites for hydroxylation is 6. The average molecular weight is 2240 g/mol. The van der Waals surface area contributed by atoms with Gasteiger partial charge in [-0.1, -0.05) is 233 Å². The van der Waals surface area contributed by atoms with E-state index in [4.69, 9.17) is 23.2 Å². The molecule has 0 amide bonds. The number of pyridine rings is 5. The number of carbonyl (C=O) groups excluding carboxylic acids is 3. The summed E-state index contributed by atoms with van der Waals surface area (Å²) in [5.74, 6) is 4.50. The van der Waals surface area contributed by atoms with Gasteiger partial charge in [-0.3, -0.25) is 19.4 Å². The zero-order valence-corrected chi connectivity index (χ0v) is 85.3. The topological polar surface area (TPSA) is 242 Å². The summed E-state index contributed by atoms with van der Waals surface area (Å²) < 4.78 is 18.6. The number of hydrogen-bond acceptors (Lipinski definition) is 16. The van der Waals surface area contributed by atoms with Crippen molar-refractivity contribution in [3.05, 3.63) is 244 Å². The van der Waals surface area contributed by atoms with Crippen LogP contribution in [0.15, 0.2) is 189 Å². The summed E-state index contributed by atoms with van der Waals surface area (Å²) in [6.07, 6.45) is 13.9. The fraction of sp³-hybridized carbons (Fsp3) is 0.370. The first-order valence-electron chi connectivity index (χ1n) is 43.7. The van der Waals surface area contributed by atoms with Gasteiger partial charge in [0.05, 0.1) is 39.5 Å². The summed E-state index contributed by atoms with van der Waals surface area (Å²) in [6.45, 7) is 49.4. The van der Waals surface area contributed by atoms with Crippen LogP contribution < -0.4 is 0 Å². The van der Waals surface area contributed by atoms with Crippen molar-refractivity contribution < 1.29 is 103 Å². The van der Waals surface area contributed by atoms with Gasteiger partial charge >= 0.3 is 0 Å². The predicted octanol–water partition coefficient (Wildman–Crippen LogP) is 28.9. The number of fused-ring (bicyclic) bond motifs is 12. The molecule has 0 atom stereocenters. The van der Waals surface area contributed by atoms with Crippen molar-refractivity contribution in [2.45, 2.75) is 223 Å². The first-order chi connectivity index (χ1) is 58.7. The molecule has 0 aliphatic heterocycles. The molecule has 127 heavy (non-hydrogen) atoms. The number of benzene rings is 6. The van der Waals surface area contributed by atoms with Crippen LogP contribution in [0.25, 0.3) is 132 Å². The second kappa shape index (κ2) is 47.3. The fourth-order valence-electron chi connectivity index (χ4n) is 15.0. The summed E-state index contributed by atoms with van der Waals surface area (Å²) in [5, 5.41) is 39.9. The quantitative estimate of drug-likeness (QED) is 0.0325. The first kappa shape index (κ1) is 104. The summed E-state index contributed by atoms with van der Waals surface area (Å²) in [7, 11) is 0. The van der Waals surface area contributed by atoms with Crippen LogP contribution in [0, 0.1) is 101 Å². The minimum atomic E-state index is 0. The fourth-order valence-corrected chi connectivity index (χ4v) is 15.0. The number of ketones is 3. The molecule has 15 aromatic rings. The zero-order valence-electron chi connectivity index (χ0n) is 78.1. The molecule has 0 bridgehead atoms. The van der Waals surface area contributed by atoms with Gasteiger partial charge in [0.1, 0.15) is 6.33 Å². The van der Waals surface area contributed by atoms with Crippen molar-refractivity contribution in [3.63, 3.8) is 0 Å². The largest absolute Gasteiger partial charge is 0.512 e. The van der Waals surface area contributed by atoms with E-state index in [1.165, 1.54) is 45.7 Å². The van der Waals surface area contributed by atoms with Gasteiger partial charge in [0.25, 0.3) is 0 Å². The van der Waals surface area contributed by atoms with Gasteiger partial charge in [0, 0.05) is 168 Å². The molecule has 3 N–H and O–H groups in total. The maximum atomic E-state index is 11.2. The van der Waals surface area contributed by atoms with E-state index in [1.807, 2.05) is 141 Å². The van der Waals surface area contributed by atoms with Gasteiger partial charge < -0.3 is 38.5 Å². The Kier molecular flexibility index (Phi) is 38.7. The molecule has 15 rings (SSSR count). The van der Waals surface area contributed by atoms with E-state index >= 15 is 0 Å². The summed E-state index contributed by atoms with van der Waals surface area (Å²) in [6, 6.07) is 52.9. The number of rotatable bonds is 22. The van der Waals surface area contributed by atoms with Gasteiger partial charge in [0.2, 0.25) is 17.1 Å². The molecular weight excluding hydrogens is 2120 g/mol. The first-order valence-corrected chi connectivity index (χ1v) is 43.7. The maximum absolute atomic E-state index is 11.2. The third-order valence-corrected chi connectivity index (χ3v) is 20.5. The monoisotopic (exact) mass is 2240 g/mol. The van der Waals surface area contributed by atoms with E-state index in [-0.39, 0.29) is 94.9 Å². The van der Waals surface area contributed by atoms with Gasteiger partial charge in [-0.2, -0.15) is 0 Å². The van der Waals surface area contributed by atoms with Gasteiger partial charge in [-0.05, 0) is 184 Å². The molecule has 0 saturated carbocycles. The minimum Gasteiger partial charge on any atom is -0.512 e. The molecule has 9 aromatic heterocycles. The van der Waals surface area contributed by atoms with Gasteiger partial charge in [0.15, 0.2) is 17.3 Å². The van der Waals surface area contributed by atoms with Crippen LogP contribution in [-0.2, 0) is 81.1 Å². The van der Waals surface area contributed by atoms with Crippen molar-refractivity contribution in [2.75, 3.05) is 0 Å².